The highest BCUT2D eigenvalue weighted by atomic mass is 19.1. The lowest BCUT2D eigenvalue weighted by Crippen LogP contribution is -2.13. The molecule has 2 rings (SSSR count). The Morgan fingerprint density at radius 2 is 1.71 bits per heavy atom. The minimum atomic E-state index is -0.559. The standard InChI is InChI=1S/C20H29F/c1-2-3-4-5-6-7-8-17-9-11-18(12-10-17)19-13-15-20(21)16-14-19/h7-12,19-20H,2-6,13-16H2,1H3. The van der Waals surface area contributed by atoms with Gasteiger partial charge in [-0.05, 0) is 55.6 Å². The van der Waals surface area contributed by atoms with Crippen LogP contribution in [0.2, 0.25) is 0 Å². The Bertz CT molecular complexity index is 410. The Balaban J connectivity index is 1.77. The zero-order chi connectivity index (χ0) is 14.9. The zero-order valence-corrected chi connectivity index (χ0v) is 13.4. The summed E-state index contributed by atoms with van der Waals surface area (Å²) in [5.74, 6) is 0.573. The molecule has 1 heteroatoms. The van der Waals surface area contributed by atoms with Gasteiger partial charge in [0.2, 0.25) is 0 Å². The van der Waals surface area contributed by atoms with Crippen LogP contribution < -0.4 is 0 Å². The van der Waals surface area contributed by atoms with E-state index in [2.05, 4.69) is 43.3 Å². The molecule has 116 valence electrons. The fourth-order valence-corrected chi connectivity index (χ4v) is 3.17. The Morgan fingerprint density at radius 3 is 2.38 bits per heavy atom. The van der Waals surface area contributed by atoms with Crippen molar-refractivity contribution in [3.05, 3.63) is 41.5 Å². The second-order valence-electron chi connectivity index (χ2n) is 6.37. The van der Waals surface area contributed by atoms with Gasteiger partial charge in [0.05, 0.1) is 0 Å². The summed E-state index contributed by atoms with van der Waals surface area (Å²) in [5.41, 5.74) is 2.68. The average molecular weight is 288 g/mol. The normalized spacial score (nSPS) is 22.8. The lowest BCUT2D eigenvalue weighted by Gasteiger charge is -2.24. The van der Waals surface area contributed by atoms with Gasteiger partial charge in [0.25, 0.3) is 0 Å². The molecule has 0 saturated heterocycles. The van der Waals surface area contributed by atoms with Gasteiger partial charge in [-0.15, -0.1) is 0 Å². The van der Waals surface area contributed by atoms with Crippen LogP contribution >= 0.6 is 0 Å². The first-order chi connectivity index (χ1) is 10.3. The molecular formula is C20H29F. The van der Waals surface area contributed by atoms with Crippen LogP contribution in [0.25, 0.3) is 6.08 Å². The lowest BCUT2D eigenvalue weighted by atomic mass is 9.83. The molecule has 0 aromatic heterocycles. The van der Waals surface area contributed by atoms with E-state index in [9.17, 15) is 4.39 Å². The summed E-state index contributed by atoms with van der Waals surface area (Å²) in [6, 6.07) is 8.89. The van der Waals surface area contributed by atoms with Crippen LogP contribution in [0.4, 0.5) is 4.39 Å². The molecule has 0 bridgehead atoms. The van der Waals surface area contributed by atoms with E-state index in [1.54, 1.807) is 0 Å². The summed E-state index contributed by atoms with van der Waals surface area (Å²) in [6.07, 6.45) is 13.9. The predicted octanol–water partition coefficient (Wildman–Crippen LogP) is 6.67. The van der Waals surface area contributed by atoms with Crippen molar-refractivity contribution in [2.75, 3.05) is 0 Å². The Hall–Kier alpha value is -1.11. The van der Waals surface area contributed by atoms with Crippen LogP contribution in [-0.4, -0.2) is 6.17 Å². The third-order valence-corrected chi connectivity index (χ3v) is 4.60. The molecule has 0 spiro atoms. The van der Waals surface area contributed by atoms with Crippen molar-refractivity contribution >= 4 is 6.08 Å². The number of rotatable bonds is 7. The highest BCUT2D eigenvalue weighted by Gasteiger charge is 2.21. The van der Waals surface area contributed by atoms with Crippen LogP contribution in [0.5, 0.6) is 0 Å². The Morgan fingerprint density at radius 1 is 1.00 bits per heavy atom. The third kappa shape index (κ3) is 5.65. The van der Waals surface area contributed by atoms with Crippen LogP contribution in [0, 0.1) is 0 Å². The fraction of sp³-hybridized carbons (Fsp3) is 0.600. The smallest absolute Gasteiger partial charge is 0.100 e. The Labute approximate surface area is 129 Å². The summed E-state index contributed by atoms with van der Waals surface area (Å²) in [6.45, 7) is 2.25. The van der Waals surface area contributed by atoms with Crippen molar-refractivity contribution in [3.63, 3.8) is 0 Å². The fourth-order valence-electron chi connectivity index (χ4n) is 3.17. The molecule has 1 saturated carbocycles. The number of allylic oxidation sites excluding steroid dienone is 1. The van der Waals surface area contributed by atoms with Gasteiger partial charge in [0, 0.05) is 0 Å². The summed E-state index contributed by atoms with van der Waals surface area (Å²) in [7, 11) is 0. The van der Waals surface area contributed by atoms with E-state index in [-0.39, 0.29) is 0 Å². The molecule has 0 amide bonds. The molecule has 1 aliphatic rings. The van der Waals surface area contributed by atoms with Crippen molar-refractivity contribution in [2.45, 2.75) is 76.8 Å². The largest absolute Gasteiger partial charge is 0.247 e. The lowest BCUT2D eigenvalue weighted by molar-refractivity contribution is 0.235. The van der Waals surface area contributed by atoms with Crippen molar-refractivity contribution < 1.29 is 4.39 Å². The molecular weight excluding hydrogens is 259 g/mol. The topological polar surface area (TPSA) is 0 Å². The van der Waals surface area contributed by atoms with Crippen LogP contribution in [0.1, 0.15) is 81.8 Å². The first kappa shape index (κ1) is 16.3. The summed E-state index contributed by atoms with van der Waals surface area (Å²) in [4.78, 5) is 0. The number of halogens is 1. The van der Waals surface area contributed by atoms with E-state index < -0.39 is 6.17 Å². The minimum absolute atomic E-state index is 0.559. The first-order valence-electron chi connectivity index (χ1n) is 8.70. The van der Waals surface area contributed by atoms with Gasteiger partial charge >= 0.3 is 0 Å². The van der Waals surface area contributed by atoms with Crippen LogP contribution in [0.3, 0.4) is 0 Å². The van der Waals surface area contributed by atoms with Crippen molar-refractivity contribution in [2.24, 2.45) is 0 Å². The van der Waals surface area contributed by atoms with E-state index in [1.807, 2.05) is 0 Å². The van der Waals surface area contributed by atoms with Gasteiger partial charge in [0.1, 0.15) is 6.17 Å². The van der Waals surface area contributed by atoms with Crippen LogP contribution in [0.15, 0.2) is 30.3 Å². The van der Waals surface area contributed by atoms with E-state index in [0.29, 0.717) is 5.92 Å². The molecule has 1 fully saturated rings. The molecule has 21 heavy (non-hydrogen) atoms. The van der Waals surface area contributed by atoms with E-state index in [1.165, 1.54) is 43.2 Å². The maximum Gasteiger partial charge on any atom is 0.100 e. The minimum Gasteiger partial charge on any atom is -0.247 e. The van der Waals surface area contributed by atoms with Gasteiger partial charge in [-0.1, -0.05) is 62.6 Å². The monoisotopic (exact) mass is 288 g/mol. The average Bonchev–Trinajstić information content (AvgIpc) is 2.52. The third-order valence-electron chi connectivity index (χ3n) is 4.60. The quantitative estimate of drug-likeness (QED) is 0.492. The molecule has 0 radical (unpaired) electrons. The maximum atomic E-state index is 13.2. The molecule has 0 N–H and O–H groups in total. The summed E-state index contributed by atoms with van der Waals surface area (Å²) >= 11 is 0. The Kier molecular flexibility index (Phi) is 6.99. The molecule has 1 aliphatic carbocycles. The predicted molar refractivity (Wildman–Crippen MR) is 90.3 cm³/mol. The van der Waals surface area contributed by atoms with Gasteiger partial charge in [-0.25, -0.2) is 4.39 Å². The van der Waals surface area contributed by atoms with E-state index >= 15 is 0 Å². The number of hydrogen-bond donors (Lipinski definition) is 0. The number of benzene rings is 1. The highest BCUT2D eigenvalue weighted by molar-refractivity contribution is 5.49. The first-order valence-corrected chi connectivity index (χ1v) is 8.70. The number of unbranched alkanes of at least 4 members (excludes halogenated alkanes) is 4. The van der Waals surface area contributed by atoms with Crippen molar-refractivity contribution in [1.29, 1.82) is 0 Å². The number of alkyl halides is 1. The van der Waals surface area contributed by atoms with Crippen LogP contribution in [-0.2, 0) is 0 Å². The highest BCUT2D eigenvalue weighted by Crippen LogP contribution is 2.34. The molecule has 1 aromatic carbocycles. The molecule has 0 atom stereocenters. The van der Waals surface area contributed by atoms with E-state index in [4.69, 9.17) is 0 Å². The van der Waals surface area contributed by atoms with Gasteiger partial charge in [-0.2, -0.15) is 0 Å². The van der Waals surface area contributed by atoms with Gasteiger partial charge in [0.15, 0.2) is 0 Å². The molecule has 0 aliphatic heterocycles. The molecule has 0 unspecified atom stereocenters. The van der Waals surface area contributed by atoms with Gasteiger partial charge in [-0.3, -0.25) is 0 Å². The zero-order valence-electron chi connectivity index (χ0n) is 13.4. The SMILES string of the molecule is CCCCCCC=Cc1ccc(C2CCC(F)CC2)cc1. The summed E-state index contributed by atoms with van der Waals surface area (Å²) < 4.78 is 13.2. The second kappa shape index (κ2) is 9.02. The number of hydrogen-bond acceptors (Lipinski definition) is 0. The molecule has 0 heterocycles. The summed E-state index contributed by atoms with van der Waals surface area (Å²) in [5, 5.41) is 0. The second-order valence-corrected chi connectivity index (χ2v) is 6.37. The van der Waals surface area contributed by atoms with Crippen molar-refractivity contribution in [1.82, 2.24) is 0 Å². The van der Waals surface area contributed by atoms with Crippen molar-refractivity contribution in [3.8, 4) is 0 Å². The maximum absolute atomic E-state index is 13.2. The molecule has 1 aromatic rings. The van der Waals surface area contributed by atoms with E-state index in [0.717, 1.165) is 25.7 Å². The van der Waals surface area contributed by atoms with Gasteiger partial charge < -0.3 is 0 Å². The molecule has 0 nitrogen and oxygen atoms in total.